The normalized spacial score (nSPS) is 11.9. The van der Waals surface area contributed by atoms with Crippen molar-refractivity contribution in [3.63, 3.8) is 0 Å². The van der Waals surface area contributed by atoms with Gasteiger partial charge in [0, 0.05) is 12.6 Å². The fraction of sp³-hybridized carbons (Fsp3) is 0.462. The van der Waals surface area contributed by atoms with Gasteiger partial charge in [-0.25, -0.2) is 4.39 Å². The number of nitrogens with one attached hydrogen (secondary N) is 1. The monoisotopic (exact) mass is 254 g/mol. The van der Waals surface area contributed by atoms with Gasteiger partial charge in [-0.15, -0.1) is 0 Å². The van der Waals surface area contributed by atoms with Crippen molar-refractivity contribution in [3.05, 3.63) is 30.1 Å². The quantitative estimate of drug-likeness (QED) is 0.724. The lowest BCUT2D eigenvalue weighted by Crippen LogP contribution is -2.36. The molecular weight excluding hydrogens is 235 g/mol. The Morgan fingerprint density at radius 2 is 2.28 bits per heavy atom. The molecule has 1 rings (SSSR count). The van der Waals surface area contributed by atoms with Crippen molar-refractivity contribution in [2.24, 2.45) is 5.73 Å². The minimum Gasteiger partial charge on any atom is -0.481 e. The summed E-state index contributed by atoms with van der Waals surface area (Å²) in [5.74, 6) is -0.251. The summed E-state index contributed by atoms with van der Waals surface area (Å²) in [5, 5.41) is 2.74. The van der Waals surface area contributed by atoms with Gasteiger partial charge in [-0.1, -0.05) is 6.07 Å². The second-order valence-electron chi connectivity index (χ2n) is 4.00. The fourth-order valence-corrected chi connectivity index (χ4v) is 1.42. The summed E-state index contributed by atoms with van der Waals surface area (Å²) in [6.07, 6.45) is 1.07. The van der Waals surface area contributed by atoms with Gasteiger partial charge in [0.15, 0.2) is 6.10 Å². The maximum atomic E-state index is 12.9. The SMILES string of the molecule is CC(Oc1cccc(F)c1)C(=O)NCCCCN. The number of ether oxygens (including phenoxy) is 1. The summed E-state index contributed by atoms with van der Waals surface area (Å²) in [7, 11) is 0. The third-order valence-electron chi connectivity index (χ3n) is 2.41. The first-order valence-electron chi connectivity index (χ1n) is 6.03. The highest BCUT2D eigenvalue weighted by molar-refractivity contribution is 5.80. The zero-order chi connectivity index (χ0) is 13.4. The molecule has 0 radical (unpaired) electrons. The van der Waals surface area contributed by atoms with Crippen molar-refractivity contribution >= 4 is 5.91 Å². The standard InChI is InChI=1S/C13H19FN2O2/c1-10(13(17)16-8-3-2-7-15)18-12-6-4-5-11(14)9-12/h4-6,9-10H,2-3,7-8,15H2,1H3,(H,16,17). The highest BCUT2D eigenvalue weighted by Crippen LogP contribution is 2.13. The summed E-state index contributed by atoms with van der Waals surface area (Å²) in [4.78, 5) is 11.6. The molecule has 0 aromatic heterocycles. The van der Waals surface area contributed by atoms with Crippen LogP contribution in [0.15, 0.2) is 24.3 Å². The number of carbonyl (C=O) groups is 1. The van der Waals surface area contributed by atoms with Crippen molar-refractivity contribution in [1.82, 2.24) is 5.32 Å². The van der Waals surface area contributed by atoms with Crippen molar-refractivity contribution in [2.75, 3.05) is 13.1 Å². The van der Waals surface area contributed by atoms with Crippen molar-refractivity contribution in [2.45, 2.75) is 25.9 Å². The lowest BCUT2D eigenvalue weighted by Gasteiger charge is -2.14. The first kappa shape index (κ1) is 14.4. The predicted molar refractivity (Wildman–Crippen MR) is 67.8 cm³/mol. The Morgan fingerprint density at radius 1 is 1.50 bits per heavy atom. The second kappa shape index (κ2) is 7.66. The lowest BCUT2D eigenvalue weighted by atomic mass is 10.3. The van der Waals surface area contributed by atoms with Crippen LogP contribution in [0.4, 0.5) is 4.39 Å². The maximum Gasteiger partial charge on any atom is 0.260 e. The summed E-state index contributed by atoms with van der Waals surface area (Å²) < 4.78 is 18.3. The van der Waals surface area contributed by atoms with Crippen LogP contribution in [-0.2, 0) is 4.79 Å². The third-order valence-corrected chi connectivity index (χ3v) is 2.41. The minimum atomic E-state index is -0.648. The Labute approximate surface area is 106 Å². The van der Waals surface area contributed by atoms with Gasteiger partial charge in [-0.05, 0) is 38.4 Å². The van der Waals surface area contributed by atoms with Gasteiger partial charge in [-0.2, -0.15) is 0 Å². The number of hydrogen-bond acceptors (Lipinski definition) is 3. The van der Waals surface area contributed by atoms with Gasteiger partial charge in [0.1, 0.15) is 11.6 Å². The number of benzene rings is 1. The highest BCUT2D eigenvalue weighted by Gasteiger charge is 2.13. The van der Waals surface area contributed by atoms with Gasteiger partial charge in [-0.3, -0.25) is 4.79 Å². The molecule has 0 aliphatic heterocycles. The van der Waals surface area contributed by atoms with Crippen LogP contribution >= 0.6 is 0 Å². The van der Waals surface area contributed by atoms with E-state index in [-0.39, 0.29) is 11.7 Å². The summed E-state index contributed by atoms with van der Waals surface area (Å²) in [5.41, 5.74) is 5.35. The molecule has 5 heteroatoms. The molecule has 1 unspecified atom stereocenters. The summed E-state index contributed by atoms with van der Waals surface area (Å²) in [6, 6.07) is 5.72. The van der Waals surface area contributed by atoms with Gasteiger partial charge in [0.2, 0.25) is 0 Å². The molecule has 0 aliphatic carbocycles. The number of carbonyl (C=O) groups excluding carboxylic acids is 1. The first-order valence-corrected chi connectivity index (χ1v) is 6.03. The van der Waals surface area contributed by atoms with E-state index in [0.29, 0.717) is 18.8 Å². The lowest BCUT2D eigenvalue weighted by molar-refractivity contribution is -0.127. The maximum absolute atomic E-state index is 12.9. The fourth-order valence-electron chi connectivity index (χ4n) is 1.42. The third kappa shape index (κ3) is 5.14. The first-order chi connectivity index (χ1) is 8.63. The van der Waals surface area contributed by atoms with E-state index in [0.717, 1.165) is 12.8 Å². The molecule has 0 spiro atoms. The molecule has 3 N–H and O–H groups in total. The highest BCUT2D eigenvalue weighted by atomic mass is 19.1. The molecule has 0 fully saturated rings. The number of nitrogens with two attached hydrogens (primary N) is 1. The summed E-state index contributed by atoms with van der Waals surface area (Å²) in [6.45, 7) is 2.82. The zero-order valence-electron chi connectivity index (χ0n) is 10.5. The number of amides is 1. The van der Waals surface area contributed by atoms with Gasteiger partial charge < -0.3 is 15.8 Å². The van der Waals surface area contributed by atoms with Crippen LogP contribution in [0.25, 0.3) is 0 Å². The smallest absolute Gasteiger partial charge is 0.260 e. The van der Waals surface area contributed by atoms with Crippen molar-refractivity contribution in [3.8, 4) is 5.75 Å². The van der Waals surface area contributed by atoms with Crippen LogP contribution in [0.1, 0.15) is 19.8 Å². The van der Waals surface area contributed by atoms with E-state index in [1.165, 1.54) is 18.2 Å². The average Bonchev–Trinajstić information content (AvgIpc) is 2.34. The summed E-state index contributed by atoms with van der Waals surface area (Å²) >= 11 is 0. The van der Waals surface area contributed by atoms with E-state index in [2.05, 4.69) is 5.32 Å². The number of halogens is 1. The molecule has 0 saturated heterocycles. The second-order valence-corrected chi connectivity index (χ2v) is 4.00. The molecular formula is C13H19FN2O2. The number of unbranched alkanes of at least 4 members (excludes halogenated alkanes) is 1. The van der Waals surface area contributed by atoms with Crippen LogP contribution in [0.5, 0.6) is 5.75 Å². The van der Waals surface area contributed by atoms with Gasteiger partial charge in [0.05, 0.1) is 0 Å². The Balaban J connectivity index is 2.35. The zero-order valence-corrected chi connectivity index (χ0v) is 10.5. The average molecular weight is 254 g/mol. The van der Waals surface area contributed by atoms with E-state index < -0.39 is 6.10 Å². The van der Waals surface area contributed by atoms with E-state index in [1.54, 1.807) is 13.0 Å². The molecule has 4 nitrogen and oxygen atoms in total. The van der Waals surface area contributed by atoms with Crippen LogP contribution in [-0.4, -0.2) is 25.1 Å². The molecule has 1 aromatic carbocycles. The molecule has 18 heavy (non-hydrogen) atoms. The largest absolute Gasteiger partial charge is 0.481 e. The minimum absolute atomic E-state index is 0.212. The van der Waals surface area contributed by atoms with Crippen LogP contribution < -0.4 is 15.8 Å². The van der Waals surface area contributed by atoms with Crippen LogP contribution in [0.3, 0.4) is 0 Å². The number of rotatable bonds is 7. The number of hydrogen-bond donors (Lipinski definition) is 2. The van der Waals surface area contributed by atoms with Crippen molar-refractivity contribution in [1.29, 1.82) is 0 Å². The van der Waals surface area contributed by atoms with Crippen molar-refractivity contribution < 1.29 is 13.9 Å². The van der Waals surface area contributed by atoms with Gasteiger partial charge in [0.25, 0.3) is 5.91 Å². The molecule has 1 atom stereocenters. The van der Waals surface area contributed by atoms with E-state index in [9.17, 15) is 9.18 Å². The Hall–Kier alpha value is -1.62. The van der Waals surface area contributed by atoms with Crippen LogP contribution in [0.2, 0.25) is 0 Å². The Morgan fingerprint density at radius 3 is 2.94 bits per heavy atom. The predicted octanol–water partition coefficient (Wildman–Crippen LogP) is 1.45. The van der Waals surface area contributed by atoms with Crippen LogP contribution in [0, 0.1) is 5.82 Å². The molecule has 0 heterocycles. The molecule has 0 bridgehead atoms. The molecule has 1 amide bonds. The molecule has 100 valence electrons. The molecule has 0 aliphatic rings. The van der Waals surface area contributed by atoms with Gasteiger partial charge >= 0.3 is 0 Å². The topological polar surface area (TPSA) is 64.3 Å². The Kier molecular flexibility index (Phi) is 6.14. The van der Waals surface area contributed by atoms with E-state index >= 15 is 0 Å². The Bertz CT molecular complexity index is 385. The molecule has 0 saturated carbocycles. The molecule has 1 aromatic rings. The van der Waals surface area contributed by atoms with E-state index in [4.69, 9.17) is 10.5 Å². The van der Waals surface area contributed by atoms with E-state index in [1.807, 2.05) is 0 Å².